The van der Waals surface area contributed by atoms with Crippen molar-refractivity contribution in [3.05, 3.63) is 17.4 Å². The molecule has 0 bridgehead atoms. The van der Waals surface area contributed by atoms with Crippen LogP contribution in [0.3, 0.4) is 0 Å². The fourth-order valence-electron chi connectivity index (χ4n) is 1.45. The maximum atomic E-state index is 5.77. The van der Waals surface area contributed by atoms with Crippen LogP contribution in [0.2, 0.25) is 5.15 Å². The highest BCUT2D eigenvalue weighted by atomic mass is 35.5. The maximum absolute atomic E-state index is 5.77. The van der Waals surface area contributed by atoms with E-state index < -0.39 is 0 Å². The lowest BCUT2D eigenvalue weighted by Crippen LogP contribution is -2.27. The number of hydrogen-bond donors (Lipinski definition) is 1. The number of rotatable bonds is 1. The molecule has 7 heteroatoms. The Labute approximate surface area is 106 Å². The van der Waals surface area contributed by atoms with Crippen LogP contribution < -0.4 is 10.6 Å². The lowest BCUT2D eigenvalue weighted by atomic mass is 10.3. The van der Waals surface area contributed by atoms with Gasteiger partial charge < -0.3 is 10.6 Å². The number of aromatic nitrogens is 2. The number of hydrogen-bond acceptors (Lipinski definition) is 4. The van der Waals surface area contributed by atoms with Crippen molar-refractivity contribution in [1.29, 1.82) is 0 Å². The van der Waals surface area contributed by atoms with Gasteiger partial charge in [-0.2, -0.15) is 0 Å². The highest BCUT2D eigenvalue weighted by molar-refractivity contribution is 6.29. The van der Waals surface area contributed by atoms with Crippen LogP contribution in [0.5, 0.6) is 0 Å². The molecule has 15 heavy (non-hydrogen) atoms. The van der Waals surface area contributed by atoms with Crippen LogP contribution in [0.4, 0.5) is 5.95 Å². The summed E-state index contributed by atoms with van der Waals surface area (Å²) in [5, 5.41) is 0.477. The molecule has 1 fully saturated rings. The third-order valence-electron chi connectivity index (χ3n) is 2.12. The molecular formula is C8H13Cl3N4. The largest absolute Gasteiger partial charge is 0.339 e. The van der Waals surface area contributed by atoms with Crippen molar-refractivity contribution in [3.8, 4) is 0 Å². The van der Waals surface area contributed by atoms with E-state index in [1.807, 2.05) is 0 Å². The molecule has 0 radical (unpaired) electrons. The molecule has 1 aromatic heterocycles. The molecule has 1 saturated heterocycles. The Kier molecular flexibility index (Phi) is 6.20. The maximum Gasteiger partial charge on any atom is 0.226 e. The molecule has 0 spiro atoms. The Bertz CT molecular complexity index is 310. The minimum Gasteiger partial charge on any atom is -0.339 e. The van der Waals surface area contributed by atoms with Gasteiger partial charge in [0.2, 0.25) is 5.95 Å². The van der Waals surface area contributed by atoms with E-state index >= 15 is 0 Å². The van der Waals surface area contributed by atoms with E-state index in [9.17, 15) is 0 Å². The van der Waals surface area contributed by atoms with Crippen molar-refractivity contribution < 1.29 is 0 Å². The molecule has 0 amide bonds. The molecule has 1 unspecified atom stereocenters. The normalized spacial score (nSPS) is 19.3. The molecule has 1 aliphatic rings. The smallest absolute Gasteiger partial charge is 0.226 e. The third-order valence-corrected chi connectivity index (χ3v) is 2.33. The Morgan fingerprint density at radius 1 is 1.47 bits per heavy atom. The quantitative estimate of drug-likeness (QED) is 0.787. The summed E-state index contributed by atoms with van der Waals surface area (Å²) in [6.45, 7) is 1.74. The Morgan fingerprint density at radius 3 is 2.73 bits per heavy atom. The number of nitrogens with two attached hydrogens (primary N) is 1. The lowest BCUT2D eigenvalue weighted by molar-refractivity contribution is 0.750. The predicted octanol–water partition coefficient (Wildman–Crippen LogP) is 1.51. The van der Waals surface area contributed by atoms with Gasteiger partial charge in [0.15, 0.2) is 0 Å². The van der Waals surface area contributed by atoms with Crippen molar-refractivity contribution in [2.75, 3.05) is 18.0 Å². The first-order chi connectivity index (χ1) is 6.25. The van der Waals surface area contributed by atoms with Gasteiger partial charge in [-0.1, -0.05) is 11.6 Å². The summed E-state index contributed by atoms with van der Waals surface area (Å²) in [5.41, 5.74) is 5.77. The molecular weight excluding hydrogens is 258 g/mol. The Hall–Kier alpha value is -0.290. The van der Waals surface area contributed by atoms with E-state index in [4.69, 9.17) is 17.3 Å². The Morgan fingerprint density at radius 2 is 2.20 bits per heavy atom. The number of halogens is 3. The molecule has 86 valence electrons. The van der Waals surface area contributed by atoms with Crippen molar-refractivity contribution >= 4 is 42.4 Å². The summed E-state index contributed by atoms with van der Waals surface area (Å²) in [7, 11) is 0. The molecule has 0 saturated carbocycles. The summed E-state index contributed by atoms with van der Waals surface area (Å²) in [6, 6.07) is 1.91. The van der Waals surface area contributed by atoms with Gasteiger partial charge >= 0.3 is 0 Å². The second-order valence-corrected chi connectivity index (χ2v) is 3.56. The summed E-state index contributed by atoms with van der Waals surface area (Å²) in [6.07, 6.45) is 2.66. The molecule has 2 rings (SSSR count). The van der Waals surface area contributed by atoms with E-state index in [0.29, 0.717) is 11.1 Å². The molecule has 0 aromatic carbocycles. The van der Waals surface area contributed by atoms with E-state index in [2.05, 4.69) is 14.9 Å². The first-order valence-electron chi connectivity index (χ1n) is 4.25. The molecule has 1 aromatic rings. The minimum absolute atomic E-state index is 0. The second-order valence-electron chi connectivity index (χ2n) is 3.17. The fraction of sp³-hybridized carbons (Fsp3) is 0.500. The zero-order valence-corrected chi connectivity index (χ0v) is 10.4. The summed E-state index contributed by atoms with van der Waals surface area (Å²) >= 11 is 5.75. The van der Waals surface area contributed by atoms with Crippen molar-refractivity contribution in [3.63, 3.8) is 0 Å². The van der Waals surface area contributed by atoms with Crippen LogP contribution in [0.1, 0.15) is 6.42 Å². The third kappa shape index (κ3) is 3.65. The van der Waals surface area contributed by atoms with E-state index in [-0.39, 0.29) is 30.9 Å². The Balaban J connectivity index is 0.000000980. The number of anilines is 1. The minimum atomic E-state index is 0. The van der Waals surface area contributed by atoms with Crippen molar-refractivity contribution in [1.82, 2.24) is 9.97 Å². The SMILES string of the molecule is Cl.Cl.NC1CCN(c2nccc(Cl)n2)C1. The van der Waals surface area contributed by atoms with Gasteiger partial charge in [-0.3, -0.25) is 0 Å². The average molecular weight is 272 g/mol. The van der Waals surface area contributed by atoms with Crippen LogP contribution in [0.25, 0.3) is 0 Å². The van der Waals surface area contributed by atoms with Gasteiger partial charge in [0.25, 0.3) is 0 Å². The summed E-state index contributed by atoms with van der Waals surface area (Å²) < 4.78 is 0. The summed E-state index contributed by atoms with van der Waals surface area (Å²) in [4.78, 5) is 10.3. The van der Waals surface area contributed by atoms with Crippen LogP contribution in [-0.4, -0.2) is 29.1 Å². The first-order valence-corrected chi connectivity index (χ1v) is 4.62. The predicted molar refractivity (Wildman–Crippen MR) is 66.3 cm³/mol. The molecule has 2 heterocycles. The lowest BCUT2D eigenvalue weighted by Gasteiger charge is -2.14. The molecule has 1 atom stereocenters. The fourth-order valence-corrected chi connectivity index (χ4v) is 1.58. The van der Waals surface area contributed by atoms with Gasteiger partial charge in [0.1, 0.15) is 5.15 Å². The summed E-state index contributed by atoms with van der Waals surface area (Å²) in [5.74, 6) is 0.681. The van der Waals surface area contributed by atoms with Crippen LogP contribution >= 0.6 is 36.4 Å². The highest BCUT2D eigenvalue weighted by Crippen LogP contribution is 2.16. The van der Waals surface area contributed by atoms with E-state index in [1.54, 1.807) is 12.3 Å². The zero-order chi connectivity index (χ0) is 9.26. The monoisotopic (exact) mass is 270 g/mol. The molecule has 4 nitrogen and oxygen atoms in total. The number of nitrogens with zero attached hydrogens (tertiary/aromatic N) is 3. The topological polar surface area (TPSA) is 55.0 Å². The zero-order valence-electron chi connectivity index (χ0n) is 7.97. The van der Waals surface area contributed by atoms with Gasteiger partial charge in [0.05, 0.1) is 0 Å². The van der Waals surface area contributed by atoms with Gasteiger partial charge in [0, 0.05) is 25.3 Å². The van der Waals surface area contributed by atoms with Crippen LogP contribution in [-0.2, 0) is 0 Å². The van der Waals surface area contributed by atoms with Gasteiger partial charge in [-0.15, -0.1) is 24.8 Å². The standard InChI is InChI=1S/C8H11ClN4.2ClH/c9-7-1-3-11-8(12-7)13-4-2-6(10)5-13;;/h1,3,6H,2,4-5,10H2;2*1H. The van der Waals surface area contributed by atoms with Crippen molar-refractivity contribution in [2.45, 2.75) is 12.5 Å². The van der Waals surface area contributed by atoms with Crippen LogP contribution in [0, 0.1) is 0 Å². The molecule has 1 aliphatic heterocycles. The average Bonchev–Trinajstić information content (AvgIpc) is 2.52. The van der Waals surface area contributed by atoms with Gasteiger partial charge in [-0.05, 0) is 12.5 Å². The highest BCUT2D eigenvalue weighted by Gasteiger charge is 2.20. The second kappa shape index (κ2) is 6.33. The van der Waals surface area contributed by atoms with Crippen molar-refractivity contribution in [2.24, 2.45) is 5.73 Å². The molecule has 0 aliphatic carbocycles. The van der Waals surface area contributed by atoms with E-state index in [0.717, 1.165) is 19.5 Å². The van der Waals surface area contributed by atoms with Crippen LogP contribution in [0.15, 0.2) is 12.3 Å². The van der Waals surface area contributed by atoms with E-state index in [1.165, 1.54) is 0 Å². The van der Waals surface area contributed by atoms with Gasteiger partial charge in [-0.25, -0.2) is 9.97 Å². The first kappa shape index (κ1) is 14.7. The molecule has 2 N–H and O–H groups in total.